The Morgan fingerprint density at radius 1 is 1.50 bits per heavy atom. The molecule has 0 aromatic carbocycles. The molecule has 1 aromatic heterocycles. The van der Waals surface area contributed by atoms with Crippen LogP contribution in [0.2, 0.25) is 0 Å². The van der Waals surface area contributed by atoms with Gasteiger partial charge in [-0.15, -0.1) is 11.3 Å². The SMILES string of the molecule is CCCNC(C)c1csc(CSC2CCCC2)n1. The molecule has 1 N–H and O–H groups in total. The van der Waals surface area contributed by atoms with Gasteiger partial charge >= 0.3 is 0 Å². The summed E-state index contributed by atoms with van der Waals surface area (Å²) in [6.07, 6.45) is 6.87. The van der Waals surface area contributed by atoms with Gasteiger partial charge in [0.25, 0.3) is 0 Å². The fourth-order valence-corrected chi connectivity index (χ4v) is 4.56. The Kier molecular flexibility index (Phi) is 5.99. The highest BCUT2D eigenvalue weighted by atomic mass is 32.2. The largest absolute Gasteiger partial charge is 0.309 e. The van der Waals surface area contributed by atoms with Crippen molar-refractivity contribution in [2.24, 2.45) is 0 Å². The van der Waals surface area contributed by atoms with Crippen LogP contribution in [0.3, 0.4) is 0 Å². The maximum absolute atomic E-state index is 4.76. The molecule has 1 aliphatic rings. The fourth-order valence-electron chi connectivity index (χ4n) is 2.30. The average molecular weight is 284 g/mol. The van der Waals surface area contributed by atoms with Crippen molar-refractivity contribution in [2.45, 2.75) is 63.0 Å². The smallest absolute Gasteiger partial charge is 0.103 e. The third-order valence-corrected chi connectivity index (χ3v) is 5.89. The molecule has 18 heavy (non-hydrogen) atoms. The predicted octanol–water partition coefficient (Wildman–Crippen LogP) is 4.38. The molecule has 1 atom stereocenters. The van der Waals surface area contributed by atoms with Crippen LogP contribution in [-0.2, 0) is 5.75 Å². The summed E-state index contributed by atoms with van der Waals surface area (Å²) >= 11 is 3.93. The topological polar surface area (TPSA) is 24.9 Å². The normalized spacial score (nSPS) is 18.3. The number of nitrogens with zero attached hydrogens (tertiary/aromatic N) is 1. The van der Waals surface area contributed by atoms with Gasteiger partial charge in [-0.1, -0.05) is 19.8 Å². The van der Waals surface area contributed by atoms with Crippen LogP contribution in [0.1, 0.15) is 62.7 Å². The van der Waals surface area contributed by atoms with E-state index in [4.69, 9.17) is 4.98 Å². The van der Waals surface area contributed by atoms with Crippen molar-refractivity contribution in [3.8, 4) is 0 Å². The standard InChI is InChI=1S/C14H24N2S2/c1-3-8-15-11(2)13-9-18-14(16-13)10-17-12-6-4-5-7-12/h9,11-12,15H,3-8,10H2,1-2H3. The van der Waals surface area contributed by atoms with Gasteiger partial charge < -0.3 is 5.32 Å². The maximum Gasteiger partial charge on any atom is 0.103 e. The monoisotopic (exact) mass is 284 g/mol. The summed E-state index contributed by atoms with van der Waals surface area (Å²) in [5, 5.41) is 7.91. The zero-order chi connectivity index (χ0) is 12.8. The van der Waals surface area contributed by atoms with Crippen molar-refractivity contribution in [1.29, 1.82) is 0 Å². The average Bonchev–Trinajstić information content (AvgIpc) is 3.04. The van der Waals surface area contributed by atoms with E-state index in [2.05, 4.69) is 36.3 Å². The minimum Gasteiger partial charge on any atom is -0.309 e. The molecule has 102 valence electrons. The molecule has 0 aliphatic heterocycles. The minimum atomic E-state index is 0.395. The molecular weight excluding hydrogens is 260 g/mol. The lowest BCUT2D eigenvalue weighted by molar-refractivity contribution is 0.560. The maximum atomic E-state index is 4.76. The highest BCUT2D eigenvalue weighted by Gasteiger charge is 2.16. The zero-order valence-electron chi connectivity index (χ0n) is 11.4. The zero-order valence-corrected chi connectivity index (χ0v) is 13.1. The molecule has 0 saturated heterocycles. The molecule has 1 saturated carbocycles. The van der Waals surface area contributed by atoms with Gasteiger partial charge in [-0.3, -0.25) is 0 Å². The second kappa shape index (κ2) is 7.51. The lowest BCUT2D eigenvalue weighted by Crippen LogP contribution is -2.19. The van der Waals surface area contributed by atoms with E-state index in [0.717, 1.165) is 17.5 Å². The number of thiazole rings is 1. The number of hydrogen-bond acceptors (Lipinski definition) is 4. The predicted molar refractivity (Wildman–Crippen MR) is 82.4 cm³/mol. The summed E-state index contributed by atoms with van der Waals surface area (Å²) < 4.78 is 0. The molecule has 1 aliphatic carbocycles. The molecule has 4 heteroatoms. The quantitative estimate of drug-likeness (QED) is 0.804. The van der Waals surface area contributed by atoms with Crippen LogP contribution in [-0.4, -0.2) is 16.8 Å². The third kappa shape index (κ3) is 4.25. The number of nitrogens with one attached hydrogen (secondary N) is 1. The summed E-state index contributed by atoms with van der Waals surface area (Å²) in [7, 11) is 0. The van der Waals surface area contributed by atoms with Crippen molar-refractivity contribution in [3.63, 3.8) is 0 Å². The number of thioether (sulfide) groups is 1. The van der Waals surface area contributed by atoms with Crippen molar-refractivity contribution >= 4 is 23.1 Å². The first-order chi connectivity index (χ1) is 8.79. The summed E-state index contributed by atoms with van der Waals surface area (Å²) in [5.41, 5.74) is 1.22. The molecule has 0 spiro atoms. The van der Waals surface area contributed by atoms with Crippen LogP contribution < -0.4 is 5.32 Å². The van der Waals surface area contributed by atoms with Gasteiger partial charge in [0.2, 0.25) is 0 Å². The molecule has 0 radical (unpaired) electrons. The Labute approximate surface area is 119 Å². The van der Waals surface area contributed by atoms with Gasteiger partial charge in [0, 0.05) is 22.4 Å². The molecule has 2 rings (SSSR count). The molecule has 2 nitrogen and oxygen atoms in total. The van der Waals surface area contributed by atoms with Crippen LogP contribution in [0, 0.1) is 0 Å². The van der Waals surface area contributed by atoms with E-state index >= 15 is 0 Å². The van der Waals surface area contributed by atoms with Crippen LogP contribution >= 0.6 is 23.1 Å². The van der Waals surface area contributed by atoms with Crippen molar-refractivity contribution in [2.75, 3.05) is 6.54 Å². The molecule has 1 aromatic rings. The molecule has 1 fully saturated rings. The Bertz CT molecular complexity index is 345. The number of hydrogen-bond donors (Lipinski definition) is 1. The van der Waals surface area contributed by atoms with Crippen molar-refractivity contribution in [3.05, 3.63) is 16.1 Å². The Morgan fingerprint density at radius 3 is 3.00 bits per heavy atom. The van der Waals surface area contributed by atoms with Crippen molar-refractivity contribution < 1.29 is 0 Å². The van der Waals surface area contributed by atoms with Gasteiger partial charge in [0.05, 0.1) is 5.69 Å². The van der Waals surface area contributed by atoms with Gasteiger partial charge in [0.1, 0.15) is 5.01 Å². The summed E-state index contributed by atoms with van der Waals surface area (Å²) in [5.74, 6) is 1.11. The van der Waals surface area contributed by atoms with Gasteiger partial charge in [-0.2, -0.15) is 11.8 Å². The lowest BCUT2D eigenvalue weighted by atomic mass is 10.2. The Morgan fingerprint density at radius 2 is 2.28 bits per heavy atom. The Balaban J connectivity index is 1.77. The van der Waals surface area contributed by atoms with Crippen LogP contribution in [0.4, 0.5) is 0 Å². The molecule has 0 bridgehead atoms. The van der Waals surface area contributed by atoms with E-state index in [-0.39, 0.29) is 0 Å². The fraction of sp³-hybridized carbons (Fsp3) is 0.786. The number of aromatic nitrogens is 1. The van der Waals surface area contributed by atoms with E-state index < -0.39 is 0 Å². The van der Waals surface area contributed by atoms with E-state index in [9.17, 15) is 0 Å². The molecule has 1 unspecified atom stereocenters. The second-order valence-electron chi connectivity index (χ2n) is 5.06. The van der Waals surface area contributed by atoms with Crippen LogP contribution in [0.15, 0.2) is 5.38 Å². The first-order valence-corrected chi connectivity index (χ1v) is 9.01. The Hall–Kier alpha value is -0.0600. The summed E-state index contributed by atoms with van der Waals surface area (Å²) in [6, 6.07) is 0.395. The number of rotatable bonds is 7. The second-order valence-corrected chi connectivity index (χ2v) is 7.29. The van der Waals surface area contributed by atoms with Gasteiger partial charge in [-0.25, -0.2) is 4.98 Å². The van der Waals surface area contributed by atoms with Crippen LogP contribution in [0.5, 0.6) is 0 Å². The molecule has 0 amide bonds. The first-order valence-electron chi connectivity index (χ1n) is 7.09. The summed E-state index contributed by atoms with van der Waals surface area (Å²) in [6.45, 7) is 5.48. The highest BCUT2D eigenvalue weighted by molar-refractivity contribution is 7.99. The molecule has 1 heterocycles. The van der Waals surface area contributed by atoms with E-state index in [0.29, 0.717) is 6.04 Å². The van der Waals surface area contributed by atoms with E-state index in [1.54, 1.807) is 0 Å². The van der Waals surface area contributed by atoms with Gasteiger partial charge in [0.15, 0.2) is 0 Å². The van der Waals surface area contributed by atoms with E-state index in [1.165, 1.54) is 42.8 Å². The van der Waals surface area contributed by atoms with E-state index in [1.807, 2.05) is 11.3 Å². The highest BCUT2D eigenvalue weighted by Crippen LogP contribution is 2.32. The molecular formula is C14H24N2S2. The third-order valence-electron chi connectivity index (χ3n) is 3.46. The van der Waals surface area contributed by atoms with Crippen LogP contribution in [0.25, 0.3) is 0 Å². The summed E-state index contributed by atoms with van der Waals surface area (Å²) in [4.78, 5) is 4.76. The van der Waals surface area contributed by atoms with Gasteiger partial charge in [-0.05, 0) is 32.7 Å². The lowest BCUT2D eigenvalue weighted by Gasteiger charge is -2.10. The first kappa shape index (κ1) is 14.4. The van der Waals surface area contributed by atoms with Crippen molar-refractivity contribution in [1.82, 2.24) is 10.3 Å². The minimum absolute atomic E-state index is 0.395.